The van der Waals surface area contributed by atoms with E-state index < -0.39 is 0 Å². The maximum absolute atomic E-state index is 2.55. The predicted molar refractivity (Wildman–Crippen MR) is 515 cm³/mol. The first-order valence-corrected chi connectivity index (χ1v) is 42.7. The molecule has 23 rings (SSSR count). The fourth-order valence-corrected chi connectivity index (χ4v) is 20.8. The third-order valence-electron chi connectivity index (χ3n) is 27.0. The van der Waals surface area contributed by atoms with E-state index >= 15 is 0 Å². The summed E-state index contributed by atoms with van der Waals surface area (Å²) in [7, 11) is 0. The lowest BCUT2D eigenvalue weighted by Gasteiger charge is -2.24. The van der Waals surface area contributed by atoms with Gasteiger partial charge in [-0.1, -0.05) is 424 Å². The van der Waals surface area contributed by atoms with Crippen LogP contribution in [-0.4, -0.2) is 0 Å². The van der Waals surface area contributed by atoms with Crippen molar-refractivity contribution in [2.75, 3.05) is 0 Å². The fourth-order valence-electron chi connectivity index (χ4n) is 20.8. The lowest BCUT2D eigenvalue weighted by atomic mass is 9.79. The average Bonchev–Trinajstić information content (AvgIpc) is 1.64. The Balaban J connectivity index is 0.000000145. The molecule has 0 bridgehead atoms. The minimum atomic E-state index is -0.141. The van der Waals surface area contributed by atoms with Crippen LogP contribution in [0.5, 0.6) is 0 Å². The Morgan fingerprint density at radius 1 is 0.116 bits per heavy atom. The van der Waals surface area contributed by atoms with Crippen molar-refractivity contribution in [3.05, 3.63) is 458 Å². The monoisotopic (exact) mass is 1540 g/mol. The highest BCUT2D eigenvalue weighted by atomic mass is 14.4. The molecule has 572 valence electrons. The van der Waals surface area contributed by atoms with Crippen molar-refractivity contribution >= 4 is 43.1 Å². The summed E-state index contributed by atoms with van der Waals surface area (Å²) in [4.78, 5) is 0. The fraction of sp³-hybridized carbons (Fsp3) is 0.0744. The topological polar surface area (TPSA) is 0 Å². The largest absolute Gasteiger partial charge is 0.0622 e. The van der Waals surface area contributed by atoms with E-state index in [0.29, 0.717) is 0 Å². The highest BCUT2D eigenvalue weighted by Crippen LogP contribution is 2.58. The van der Waals surface area contributed by atoms with Gasteiger partial charge in [-0.15, -0.1) is 0 Å². The van der Waals surface area contributed by atoms with Gasteiger partial charge in [0.2, 0.25) is 0 Å². The SMILES string of the molecule is CC1(C)c2ccccc2-c2cc3c(-c4ccc(-c5ccccc5)cc4)c4ccc(-c5ccccc5-c5ccccc5)cc4c(-c4ccc(-c5ccccc5)cc4)c3cc21.CC1(C)c2ccccc2-c2ccc(-c3ccc4c(-c5ccc(-c6ccccc6)cc5)c5cc6c(cc5c(-c5ccc(-c7ccccc7)cc5)c4c3)C(C)(C)c3ccccc3-6)cc21. The Morgan fingerprint density at radius 2 is 0.331 bits per heavy atom. The lowest BCUT2D eigenvalue weighted by molar-refractivity contribution is 0.660. The van der Waals surface area contributed by atoms with Crippen molar-refractivity contribution in [1.82, 2.24) is 0 Å². The molecule has 0 nitrogen and oxygen atoms in total. The van der Waals surface area contributed by atoms with E-state index in [4.69, 9.17) is 0 Å². The molecule has 121 heavy (non-hydrogen) atoms. The van der Waals surface area contributed by atoms with Crippen LogP contribution >= 0.6 is 0 Å². The Morgan fingerprint density at radius 3 is 0.694 bits per heavy atom. The van der Waals surface area contributed by atoms with E-state index in [1.54, 1.807) is 0 Å². The van der Waals surface area contributed by atoms with Gasteiger partial charge in [-0.05, 0) is 275 Å². The zero-order valence-corrected chi connectivity index (χ0v) is 68.9. The van der Waals surface area contributed by atoms with Gasteiger partial charge in [-0.2, -0.15) is 0 Å². The van der Waals surface area contributed by atoms with Gasteiger partial charge in [0, 0.05) is 16.2 Å². The van der Waals surface area contributed by atoms with Crippen LogP contribution < -0.4 is 0 Å². The number of hydrogen-bond donors (Lipinski definition) is 0. The molecule has 3 aliphatic carbocycles. The van der Waals surface area contributed by atoms with Gasteiger partial charge in [0.25, 0.3) is 0 Å². The van der Waals surface area contributed by atoms with E-state index in [9.17, 15) is 0 Å². The highest BCUT2D eigenvalue weighted by molar-refractivity contribution is 6.25. The number of rotatable bonds is 11. The molecular weight excluding hydrogens is 1450 g/mol. The van der Waals surface area contributed by atoms with E-state index in [1.165, 1.54) is 232 Å². The van der Waals surface area contributed by atoms with Crippen LogP contribution in [0.1, 0.15) is 74.9 Å². The van der Waals surface area contributed by atoms with Crippen LogP contribution in [0.25, 0.3) is 199 Å². The number of hydrogen-bond acceptors (Lipinski definition) is 0. The first kappa shape index (κ1) is 72.9. The van der Waals surface area contributed by atoms with Gasteiger partial charge in [-0.25, -0.2) is 0 Å². The average molecular weight is 1540 g/mol. The summed E-state index contributed by atoms with van der Waals surface area (Å²) >= 11 is 0. The maximum Gasteiger partial charge on any atom is 0.0159 e. The quantitative estimate of drug-likeness (QED) is 0.113. The van der Waals surface area contributed by atoms with Gasteiger partial charge in [0.15, 0.2) is 0 Å². The maximum atomic E-state index is 2.55. The minimum Gasteiger partial charge on any atom is -0.0622 e. The Hall–Kier alpha value is -14.6. The standard InChI is InChI=1S/C62H46.C59H42/c1-61(2)55-21-13-11-19-47(55)49-33-31-46(36-57(49)61)45-32-34-50-52(35-45)60(44-29-25-42(26-30-44)40-17-9-6-10-18-40)54-38-58-51(48-20-12-14-22-56(48)62(58,3)4)37-53(54)59(50)43-27-23-41(24-28-43)39-15-7-5-8-16-39;1-59(2)55-25-15-14-24-49(55)51-37-53-54(38-56(51)59)58(45-32-28-42(29-33-45)40-18-8-4-9-19-40)52-36-46(48-23-13-12-22-47(48)43-20-10-5-11-21-43)34-35-50(52)57(53)44-30-26-41(27-31-44)39-16-6-3-7-17-39/h5-38H,1-4H3;3-38H,1-2H3. The van der Waals surface area contributed by atoms with Crippen LogP contribution in [0.15, 0.2) is 425 Å². The molecule has 0 atom stereocenters. The first-order valence-electron chi connectivity index (χ1n) is 42.7. The van der Waals surface area contributed by atoms with Crippen LogP contribution in [0.3, 0.4) is 0 Å². The molecule has 0 spiro atoms. The Labute approximate surface area is 709 Å². The molecular formula is C121H88. The number of fused-ring (bicyclic) bond motifs is 13. The second-order valence-corrected chi connectivity index (χ2v) is 34.9. The molecule has 3 aliphatic rings. The normalized spacial score (nSPS) is 13.4. The summed E-state index contributed by atoms with van der Waals surface area (Å²) in [6.07, 6.45) is 0. The van der Waals surface area contributed by atoms with E-state index in [1.807, 2.05) is 0 Å². The highest BCUT2D eigenvalue weighted by Gasteiger charge is 2.40. The van der Waals surface area contributed by atoms with Crippen molar-refractivity contribution in [3.8, 4) is 156 Å². The van der Waals surface area contributed by atoms with Crippen molar-refractivity contribution in [2.24, 2.45) is 0 Å². The van der Waals surface area contributed by atoms with Gasteiger partial charge in [0.1, 0.15) is 0 Å². The second kappa shape index (κ2) is 28.9. The van der Waals surface area contributed by atoms with Gasteiger partial charge in [-0.3, -0.25) is 0 Å². The first-order chi connectivity index (χ1) is 59.3. The molecule has 0 aliphatic heterocycles. The van der Waals surface area contributed by atoms with E-state index in [0.717, 1.165) is 0 Å². The zero-order chi connectivity index (χ0) is 81.2. The molecule has 0 heterocycles. The number of benzene rings is 20. The second-order valence-electron chi connectivity index (χ2n) is 34.9. The molecule has 0 fully saturated rings. The third kappa shape index (κ3) is 12.2. The molecule has 20 aromatic carbocycles. The molecule has 0 saturated carbocycles. The molecule has 0 radical (unpaired) electrons. The van der Waals surface area contributed by atoms with Crippen molar-refractivity contribution in [1.29, 1.82) is 0 Å². The summed E-state index contributed by atoms with van der Waals surface area (Å²) in [5.41, 5.74) is 43.1. The van der Waals surface area contributed by atoms with Crippen LogP contribution in [0, 0.1) is 0 Å². The lowest BCUT2D eigenvalue weighted by Crippen LogP contribution is -2.15. The van der Waals surface area contributed by atoms with Crippen molar-refractivity contribution in [2.45, 2.75) is 57.8 Å². The van der Waals surface area contributed by atoms with Crippen LogP contribution in [-0.2, 0) is 16.2 Å². The predicted octanol–water partition coefficient (Wildman–Crippen LogP) is 33.2. The molecule has 0 saturated heterocycles. The third-order valence-corrected chi connectivity index (χ3v) is 27.0. The summed E-state index contributed by atoms with van der Waals surface area (Å²) in [5.74, 6) is 0. The minimum absolute atomic E-state index is 0.0789. The van der Waals surface area contributed by atoms with E-state index in [-0.39, 0.29) is 16.2 Å². The Bertz CT molecular complexity index is 7480. The smallest absolute Gasteiger partial charge is 0.0159 e. The van der Waals surface area contributed by atoms with Crippen LogP contribution in [0.4, 0.5) is 0 Å². The molecule has 0 heteroatoms. The summed E-state index contributed by atoms with van der Waals surface area (Å²) in [5, 5.41) is 10.1. The summed E-state index contributed by atoms with van der Waals surface area (Å²) < 4.78 is 0. The molecule has 0 N–H and O–H groups in total. The molecule has 0 unspecified atom stereocenters. The Kier molecular flexibility index (Phi) is 17.4. The van der Waals surface area contributed by atoms with Crippen molar-refractivity contribution < 1.29 is 0 Å². The van der Waals surface area contributed by atoms with Crippen molar-refractivity contribution in [3.63, 3.8) is 0 Å². The van der Waals surface area contributed by atoms with Gasteiger partial charge in [0.05, 0.1) is 0 Å². The molecule has 20 aromatic rings. The van der Waals surface area contributed by atoms with Gasteiger partial charge < -0.3 is 0 Å². The summed E-state index contributed by atoms with van der Waals surface area (Å²) in [6.45, 7) is 14.3. The molecule has 0 aromatic heterocycles. The summed E-state index contributed by atoms with van der Waals surface area (Å²) in [6, 6.07) is 158. The van der Waals surface area contributed by atoms with Crippen LogP contribution in [0.2, 0.25) is 0 Å². The van der Waals surface area contributed by atoms with E-state index in [2.05, 4.69) is 466 Å². The van der Waals surface area contributed by atoms with Gasteiger partial charge >= 0.3 is 0 Å². The molecule has 0 amide bonds. The zero-order valence-electron chi connectivity index (χ0n) is 68.9.